The normalized spacial score (nSPS) is 12.5. The summed E-state index contributed by atoms with van der Waals surface area (Å²) in [6.45, 7) is 4.40. The number of sulfonamides is 1. The molecule has 0 aliphatic heterocycles. The van der Waals surface area contributed by atoms with Crippen molar-refractivity contribution in [1.82, 2.24) is 0 Å². The van der Waals surface area contributed by atoms with Crippen molar-refractivity contribution >= 4 is 10.0 Å². The lowest BCUT2D eigenvalue weighted by atomic mass is 9.85. The Hall–Kier alpha value is -1.11. The number of rotatable bonds is 5. The number of methoxy groups -OCH3 is 2. The Bertz CT molecular complexity index is 523. The molecule has 18 heavy (non-hydrogen) atoms. The van der Waals surface area contributed by atoms with E-state index in [0.717, 1.165) is 5.56 Å². The van der Waals surface area contributed by atoms with Gasteiger partial charge in [-0.15, -0.1) is 0 Å². The van der Waals surface area contributed by atoms with Crippen molar-refractivity contribution in [3.8, 4) is 5.75 Å². The second-order valence-electron chi connectivity index (χ2n) is 4.73. The van der Waals surface area contributed by atoms with Gasteiger partial charge in [-0.25, -0.2) is 13.6 Å². The van der Waals surface area contributed by atoms with Gasteiger partial charge in [0, 0.05) is 12.5 Å². The minimum absolute atomic E-state index is 0.00771. The highest BCUT2D eigenvalue weighted by Crippen LogP contribution is 2.30. The van der Waals surface area contributed by atoms with Gasteiger partial charge in [0.1, 0.15) is 10.6 Å². The van der Waals surface area contributed by atoms with Crippen molar-refractivity contribution in [3.63, 3.8) is 0 Å². The van der Waals surface area contributed by atoms with Crippen LogP contribution in [0.25, 0.3) is 0 Å². The number of primary sulfonamides is 1. The van der Waals surface area contributed by atoms with Gasteiger partial charge in [0.15, 0.2) is 0 Å². The molecule has 0 heterocycles. The Morgan fingerprint density at radius 2 is 1.89 bits per heavy atom. The predicted molar refractivity (Wildman–Crippen MR) is 69.3 cm³/mol. The lowest BCUT2D eigenvalue weighted by molar-refractivity contribution is 0.146. The van der Waals surface area contributed by atoms with Gasteiger partial charge in [0.25, 0.3) is 0 Å². The fourth-order valence-corrected chi connectivity index (χ4v) is 2.49. The third-order valence-corrected chi connectivity index (χ3v) is 3.69. The summed E-state index contributed by atoms with van der Waals surface area (Å²) in [6.07, 6.45) is 0. The van der Waals surface area contributed by atoms with Crippen LogP contribution < -0.4 is 9.88 Å². The molecule has 0 bridgehead atoms. The molecule has 0 aliphatic carbocycles. The number of ether oxygens (including phenoxy) is 2. The Balaban J connectivity index is 3.36. The first-order valence-electron chi connectivity index (χ1n) is 5.42. The van der Waals surface area contributed by atoms with Crippen LogP contribution in [0, 0.1) is 0 Å². The van der Waals surface area contributed by atoms with E-state index in [2.05, 4.69) is 0 Å². The molecule has 0 atom stereocenters. The zero-order chi connectivity index (χ0) is 14.0. The van der Waals surface area contributed by atoms with Gasteiger partial charge >= 0.3 is 0 Å². The molecule has 0 radical (unpaired) electrons. The van der Waals surface area contributed by atoms with Gasteiger partial charge in [-0.2, -0.15) is 0 Å². The summed E-state index contributed by atoms with van der Waals surface area (Å²) in [5, 5.41) is 5.18. The highest BCUT2D eigenvalue weighted by molar-refractivity contribution is 7.89. The third kappa shape index (κ3) is 3.22. The highest BCUT2D eigenvalue weighted by atomic mass is 32.2. The minimum Gasteiger partial charge on any atom is -0.495 e. The SMILES string of the molecule is COCC(C)(C)c1ccc(OC)c(S(N)(=O)=O)c1. The molecule has 1 rings (SSSR count). The van der Waals surface area contributed by atoms with E-state index >= 15 is 0 Å². The van der Waals surface area contributed by atoms with Crippen LogP contribution in [-0.4, -0.2) is 29.2 Å². The zero-order valence-corrected chi connectivity index (χ0v) is 11.9. The first-order valence-corrected chi connectivity index (χ1v) is 6.97. The van der Waals surface area contributed by atoms with E-state index in [1.165, 1.54) is 13.2 Å². The van der Waals surface area contributed by atoms with Gasteiger partial charge in [-0.1, -0.05) is 19.9 Å². The monoisotopic (exact) mass is 273 g/mol. The molecule has 0 aliphatic rings. The van der Waals surface area contributed by atoms with Gasteiger partial charge in [-0.3, -0.25) is 0 Å². The number of nitrogens with two attached hydrogens (primary N) is 1. The molecule has 1 aromatic rings. The summed E-state index contributed by atoms with van der Waals surface area (Å²) in [7, 11) is -0.799. The van der Waals surface area contributed by atoms with Crippen LogP contribution >= 0.6 is 0 Å². The van der Waals surface area contributed by atoms with E-state index in [4.69, 9.17) is 14.6 Å². The average molecular weight is 273 g/mol. The Morgan fingerprint density at radius 1 is 1.28 bits per heavy atom. The summed E-state index contributed by atoms with van der Waals surface area (Å²) in [5.74, 6) is 0.245. The van der Waals surface area contributed by atoms with Crippen molar-refractivity contribution in [3.05, 3.63) is 23.8 Å². The summed E-state index contributed by atoms with van der Waals surface area (Å²) >= 11 is 0. The van der Waals surface area contributed by atoms with E-state index in [0.29, 0.717) is 6.61 Å². The van der Waals surface area contributed by atoms with Crippen molar-refractivity contribution in [2.24, 2.45) is 5.14 Å². The molecule has 0 fully saturated rings. The first kappa shape index (κ1) is 14.9. The number of benzene rings is 1. The molecular weight excluding hydrogens is 254 g/mol. The van der Waals surface area contributed by atoms with E-state index in [1.54, 1.807) is 13.2 Å². The van der Waals surface area contributed by atoms with Crippen LogP contribution in [0.3, 0.4) is 0 Å². The van der Waals surface area contributed by atoms with Crippen LogP contribution in [-0.2, 0) is 20.2 Å². The van der Waals surface area contributed by atoms with E-state index in [1.807, 2.05) is 19.9 Å². The molecule has 0 amide bonds. The first-order chi connectivity index (χ1) is 8.22. The summed E-state index contributed by atoms with van der Waals surface area (Å²) < 4.78 is 33.2. The fourth-order valence-electron chi connectivity index (χ4n) is 1.76. The summed E-state index contributed by atoms with van der Waals surface area (Å²) in [5.41, 5.74) is 0.523. The molecule has 2 N–H and O–H groups in total. The molecular formula is C12H19NO4S. The zero-order valence-electron chi connectivity index (χ0n) is 11.1. The molecule has 0 unspecified atom stereocenters. The second kappa shape index (κ2) is 5.26. The van der Waals surface area contributed by atoms with Crippen LogP contribution in [0.15, 0.2) is 23.1 Å². The molecule has 5 nitrogen and oxygen atoms in total. The van der Waals surface area contributed by atoms with Gasteiger partial charge < -0.3 is 9.47 Å². The van der Waals surface area contributed by atoms with Gasteiger partial charge in [-0.05, 0) is 17.7 Å². The number of hydrogen-bond donors (Lipinski definition) is 1. The quantitative estimate of drug-likeness (QED) is 0.876. The largest absolute Gasteiger partial charge is 0.495 e. The highest BCUT2D eigenvalue weighted by Gasteiger charge is 2.24. The average Bonchev–Trinajstić information content (AvgIpc) is 2.27. The summed E-state index contributed by atoms with van der Waals surface area (Å²) in [6, 6.07) is 4.95. The Morgan fingerprint density at radius 3 is 2.33 bits per heavy atom. The topological polar surface area (TPSA) is 78.6 Å². The molecule has 0 saturated heterocycles. The van der Waals surface area contributed by atoms with Gasteiger partial charge in [0.2, 0.25) is 10.0 Å². The van der Waals surface area contributed by atoms with E-state index in [-0.39, 0.29) is 16.1 Å². The number of hydrogen-bond acceptors (Lipinski definition) is 4. The molecule has 0 spiro atoms. The molecule has 102 valence electrons. The maximum absolute atomic E-state index is 11.5. The van der Waals surface area contributed by atoms with E-state index in [9.17, 15) is 8.42 Å². The fraction of sp³-hybridized carbons (Fsp3) is 0.500. The molecule has 0 saturated carbocycles. The standard InChI is InChI=1S/C12H19NO4S/c1-12(2,8-16-3)9-5-6-10(17-4)11(7-9)18(13,14)15/h5-7H,8H2,1-4H3,(H2,13,14,15). The Labute approximate surface area is 108 Å². The van der Waals surface area contributed by atoms with Crippen molar-refractivity contribution in [2.45, 2.75) is 24.2 Å². The smallest absolute Gasteiger partial charge is 0.241 e. The van der Waals surface area contributed by atoms with Crippen molar-refractivity contribution in [1.29, 1.82) is 0 Å². The molecule has 6 heteroatoms. The van der Waals surface area contributed by atoms with Gasteiger partial charge in [0.05, 0.1) is 13.7 Å². The van der Waals surface area contributed by atoms with Crippen molar-refractivity contribution in [2.75, 3.05) is 20.8 Å². The predicted octanol–water partition coefficient (Wildman–Crippen LogP) is 1.27. The van der Waals surface area contributed by atoms with Crippen molar-refractivity contribution < 1.29 is 17.9 Å². The van der Waals surface area contributed by atoms with Crippen LogP contribution in [0.1, 0.15) is 19.4 Å². The summed E-state index contributed by atoms with van der Waals surface area (Å²) in [4.78, 5) is -0.00771. The minimum atomic E-state index is -3.81. The second-order valence-corrected chi connectivity index (χ2v) is 6.26. The molecule has 0 aromatic heterocycles. The van der Waals surface area contributed by atoms with E-state index < -0.39 is 10.0 Å². The van der Waals surface area contributed by atoms with Crippen LogP contribution in [0.5, 0.6) is 5.75 Å². The lowest BCUT2D eigenvalue weighted by Crippen LogP contribution is -2.24. The maximum Gasteiger partial charge on any atom is 0.241 e. The molecule has 1 aromatic carbocycles. The van der Waals surface area contributed by atoms with Crippen LogP contribution in [0.2, 0.25) is 0 Å². The Kier molecular flexibility index (Phi) is 4.37. The van der Waals surface area contributed by atoms with Crippen LogP contribution in [0.4, 0.5) is 0 Å². The lowest BCUT2D eigenvalue weighted by Gasteiger charge is -2.25. The maximum atomic E-state index is 11.5. The third-order valence-electron chi connectivity index (χ3n) is 2.76.